The first kappa shape index (κ1) is 12.0. The lowest BCUT2D eigenvalue weighted by Gasteiger charge is -1.99. The molecule has 6 heteroatoms. The first-order valence-electron chi connectivity index (χ1n) is 5.04. The van der Waals surface area contributed by atoms with Crippen LogP contribution in [-0.4, -0.2) is 16.1 Å². The number of amides is 1. The van der Waals surface area contributed by atoms with E-state index in [0.29, 0.717) is 5.13 Å². The van der Waals surface area contributed by atoms with Gasteiger partial charge in [-0.3, -0.25) is 10.1 Å². The molecule has 18 heavy (non-hydrogen) atoms. The molecule has 1 heterocycles. The Labute approximate surface area is 107 Å². The average molecular weight is 256 g/mol. The van der Waals surface area contributed by atoms with Gasteiger partial charge in [-0.2, -0.15) is 5.26 Å². The molecule has 0 fully saturated rings. The largest absolute Gasteiger partial charge is 0.296 e. The van der Waals surface area contributed by atoms with Crippen LogP contribution in [0.1, 0.15) is 5.56 Å². The van der Waals surface area contributed by atoms with Crippen molar-refractivity contribution >= 4 is 28.5 Å². The lowest BCUT2D eigenvalue weighted by Crippen LogP contribution is -2.13. The normalized spacial score (nSPS) is 10.7. The molecule has 0 spiro atoms. The van der Waals surface area contributed by atoms with Crippen LogP contribution in [0.3, 0.4) is 0 Å². The number of carbonyl (C=O) groups excluding carboxylic acids is 1. The van der Waals surface area contributed by atoms with Gasteiger partial charge >= 0.3 is 0 Å². The number of nitrogens with zero attached hydrogens (tertiary/aromatic N) is 3. The maximum Gasteiger partial charge on any atom is 0.268 e. The van der Waals surface area contributed by atoms with E-state index in [1.807, 2.05) is 36.4 Å². The molecule has 0 saturated carbocycles. The van der Waals surface area contributed by atoms with Crippen LogP contribution < -0.4 is 5.32 Å². The van der Waals surface area contributed by atoms with E-state index in [1.54, 1.807) is 0 Å². The van der Waals surface area contributed by atoms with Crippen LogP contribution in [0.2, 0.25) is 0 Å². The Hall–Kier alpha value is -2.52. The van der Waals surface area contributed by atoms with Gasteiger partial charge in [-0.25, -0.2) is 0 Å². The molecule has 0 bridgehead atoms. The first-order valence-corrected chi connectivity index (χ1v) is 5.92. The highest BCUT2D eigenvalue weighted by molar-refractivity contribution is 7.13. The summed E-state index contributed by atoms with van der Waals surface area (Å²) in [6.45, 7) is 0. The van der Waals surface area contributed by atoms with Crippen molar-refractivity contribution in [3.8, 4) is 6.07 Å². The SMILES string of the molecule is N#C/C(=C\c1ccccc1)C(=O)Nc1nncs1. The number of rotatable bonds is 3. The fourth-order valence-corrected chi connectivity index (χ4v) is 1.70. The summed E-state index contributed by atoms with van der Waals surface area (Å²) in [6, 6.07) is 11.0. The van der Waals surface area contributed by atoms with Gasteiger partial charge in [0.15, 0.2) is 0 Å². The van der Waals surface area contributed by atoms with E-state index >= 15 is 0 Å². The molecule has 2 rings (SSSR count). The molecule has 0 atom stereocenters. The van der Waals surface area contributed by atoms with Gasteiger partial charge in [-0.1, -0.05) is 41.7 Å². The van der Waals surface area contributed by atoms with Gasteiger partial charge < -0.3 is 0 Å². The zero-order valence-electron chi connectivity index (χ0n) is 9.20. The van der Waals surface area contributed by atoms with Crippen LogP contribution in [0.4, 0.5) is 5.13 Å². The fraction of sp³-hybridized carbons (Fsp3) is 0. The van der Waals surface area contributed by atoms with Crippen molar-refractivity contribution in [3.63, 3.8) is 0 Å². The zero-order valence-corrected chi connectivity index (χ0v) is 10.0. The van der Waals surface area contributed by atoms with Crippen molar-refractivity contribution < 1.29 is 4.79 Å². The van der Waals surface area contributed by atoms with E-state index in [4.69, 9.17) is 5.26 Å². The fourth-order valence-electron chi connectivity index (χ4n) is 1.26. The summed E-state index contributed by atoms with van der Waals surface area (Å²) in [5.41, 5.74) is 2.32. The third kappa shape index (κ3) is 2.99. The highest BCUT2D eigenvalue weighted by Gasteiger charge is 2.10. The quantitative estimate of drug-likeness (QED) is 0.673. The number of hydrogen-bond donors (Lipinski definition) is 1. The highest BCUT2D eigenvalue weighted by Crippen LogP contribution is 2.11. The Balaban J connectivity index is 2.17. The van der Waals surface area contributed by atoms with Crippen molar-refractivity contribution in [2.24, 2.45) is 0 Å². The molecule has 88 valence electrons. The lowest BCUT2D eigenvalue weighted by atomic mass is 10.1. The first-order chi connectivity index (χ1) is 8.79. The van der Waals surface area contributed by atoms with Gasteiger partial charge in [0.25, 0.3) is 5.91 Å². The topological polar surface area (TPSA) is 78.7 Å². The van der Waals surface area contributed by atoms with Gasteiger partial charge in [0, 0.05) is 0 Å². The van der Waals surface area contributed by atoms with Crippen LogP contribution in [0.15, 0.2) is 41.4 Å². The molecule has 2 aromatic rings. The third-order valence-electron chi connectivity index (χ3n) is 2.06. The van der Waals surface area contributed by atoms with Gasteiger partial charge in [-0.05, 0) is 11.6 Å². The van der Waals surface area contributed by atoms with Gasteiger partial charge in [0.1, 0.15) is 17.2 Å². The molecular formula is C12H8N4OS. The predicted molar refractivity (Wildman–Crippen MR) is 68.6 cm³/mol. The number of benzene rings is 1. The maximum absolute atomic E-state index is 11.8. The second kappa shape index (κ2) is 5.70. The molecule has 0 saturated heterocycles. The Bertz CT molecular complexity index is 599. The smallest absolute Gasteiger partial charge is 0.268 e. The Morgan fingerprint density at radius 2 is 2.17 bits per heavy atom. The van der Waals surface area contributed by atoms with Crippen molar-refractivity contribution in [2.75, 3.05) is 5.32 Å². The molecule has 5 nitrogen and oxygen atoms in total. The van der Waals surface area contributed by atoms with Gasteiger partial charge in [0.2, 0.25) is 5.13 Å². The average Bonchev–Trinajstić information content (AvgIpc) is 2.90. The minimum absolute atomic E-state index is 0.0244. The minimum atomic E-state index is -0.488. The number of anilines is 1. The Kier molecular flexibility index (Phi) is 3.79. The lowest BCUT2D eigenvalue weighted by molar-refractivity contribution is -0.112. The van der Waals surface area contributed by atoms with Crippen molar-refractivity contribution in [3.05, 3.63) is 47.0 Å². The molecule has 1 N–H and O–H groups in total. The van der Waals surface area contributed by atoms with E-state index in [-0.39, 0.29) is 5.57 Å². The molecular weight excluding hydrogens is 248 g/mol. The van der Waals surface area contributed by atoms with E-state index in [0.717, 1.165) is 5.56 Å². The van der Waals surface area contributed by atoms with Crippen molar-refractivity contribution in [2.45, 2.75) is 0 Å². The summed E-state index contributed by atoms with van der Waals surface area (Å²) < 4.78 is 0. The number of nitriles is 1. The summed E-state index contributed by atoms with van der Waals surface area (Å²) in [5.74, 6) is -0.488. The molecule has 0 unspecified atom stereocenters. The van der Waals surface area contributed by atoms with Crippen LogP contribution in [-0.2, 0) is 4.79 Å². The second-order valence-electron chi connectivity index (χ2n) is 3.28. The van der Waals surface area contributed by atoms with E-state index in [2.05, 4.69) is 15.5 Å². The van der Waals surface area contributed by atoms with E-state index < -0.39 is 5.91 Å². The number of aromatic nitrogens is 2. The summed E-state index contributed by atoms with van der Waals surface area (Å²) in [6.07, 6.45) is 1.52. The minimum Gasteiger partial charge on any atom is -0.296 e. The van der Waals surface area contributed by atoms with Crippen LogP contribution in [0.25, 0.3) is 6.08 Å². The summed E-state index contributed by atoms with van der Waals surface area (Å²) in [7, 11) is 0. The summed E-state index contributed by atoms with van der Waals surface area (Å²) in [5, 5.41) is 19.1. The standard InChI is InChI=1S/C12H8N4OS/c13-7-10(6-9-4-2-1-3-5-9)11(17)15-12-16-14-8-18-12/h1-6,8H,(H,15,16,17)/b10-6+. The molecule has 1 aromatic carbocycles. The summed E-state index contributed by atoms with van der Waals surface area (Å²) >= 11 is 1.19. The monoisotopic (exact) mass is 256 g/mol. The van der Waals surface area contributed by atoms with Gasteiger partial charge in [0.05, 0.1) is 0 Å². The van der Waals surface area contributed by atoms with Crippen LogP contribution in [0.5, 0.6) is 0 Å². The molecule has 0 aliphatic heterocycles. The highest BCUT2D eigenvalue weighted by atomic mass is 32.1. The van der Waals surface area contributed by atoms with Crippen LogP contribution >= 0.6 is 11.3 Å². The zero-order chi connectivity index (χ0) is 12.8. The number of nitrogens with one attached hydrogen (secondary N) is 1. The van der Waals surface area contributed by atoms with Crippen LogP contribution in [0, 0.1) is 11.3 Å². The van der Waals surface area contributed by atoms with Crippen molar-refractivity contribution in [1.29, 1.82) is 5.26 Å². The van der Waals surface area contributed by atoms with Crippen molar-refractivity contribution in [1.82, 2.24) is 10.2 Å². The molecule has 1 aromatic heterocycles. The molecule has 0 radical (unpaired) electrons. The van der Waals surface area contributed by atoms with Gasteiger partial charge in [-0.15, -0.1) is 10.2 Å². The summed E-state index contributed by atoms with van der Waals surface area (Å²) in [4.78, 5) is 11.8. The van der Waals surface area contributed by atoms with E-state index in [9.17, 15) is 4.79 Å². The Morgan fingerprint density at radius 1 is 1.39 bits per heavy atom. The number of hydrogen-bond acceptors (Lipinski definition) is 5. The molecule has 0 aliphatic rings. The van der Waals surface area contributed by atoms with E-state index in [1.165, 1.54) is 22.9 Å². The third-order valence-corrected chi connectivity index (χ3v) is 2.66. The molecule has 0 aliphatic carbocycles. The second-order valence-corrected chi connectivity index (χ2v) is 4.11. The molecule has 1 amide bonds. The predicted octanol–water partition coefficient (Wildman–Crippen LogP) is 2.08. The number of carbonyl (C=O) groups is 1. The Morgan fingerprint density at radius 3 is 2.78 bits per heavy atom. The maximum atomic E-state index is 11.8.